The molecule has 0 aromatic heterocycles. The first-order valence-corrected chi connectivity index (χ1v) is 7.33. The van der Waals surface area contributed by atoms with Gasteiger partial charge in [-0.05, 0) is 49.9 Å². The predicted octanol–water partition coefficient (Wildman–Crippen LogP) is 2.89. The smallest absolute Gasteiger partial charge is 0.335 e. The summed E-state index contributed by atoms with van der Waals surface area (Å²) in [6.45, 7) is 6.38. The third kappa shape index (κ3) is 4.53. The van der Waals surface area contributed by atoms with E-state index < -0.39 is 5.97 Å². The van der Waals surface area contributed by atoms with Gasteiger partial charge in [0.25, 0.3) is 0 Å². The predicted molar refractivity (Wildman–Crippen MR) is 78.4 cm³/mol. The van der Waals surface area contributed by atoms with E-state index in [4.69, 9.17) is 9.84 Å². The largest absolute Gasteiger partial charge is 0.494 e. The molecule has 1 aliphatic heterocycles. The highest BCUT2D eigenvalue weighted by molar-refractivity contribution is 5.87. The normalized spacial score (nSPS) is 19.8. The van der Waals surface area contributed by atoms with Crippen molar-refractivity contribution in [2.75, 3.05) is 26.2 Å². The van der Waals surface area contributed by atoms with E-state index >= 15 is 0 Å². The molecule has 1 aromatic rings. The molecule has 110 valence electrons. The van der Waals surface area contributed by atoms with Gasteiger partial charge in [0.15, 0.2) is 0 Å². The van der Waals surface area contributed by atoms with E-state index in [1.54, 1.807) is 24.3 Å². The lowest BCUT2D eigenvalue weighted by Crippen LogP contribution is -2.35. The first kappa shape index (κ1) is 14.9. The van der Waals surface area contributed by atoms with E-state index in [0.717, 1.165) is 18.9 Å². The number of likely N-dealkylation sites (tertiary alicyclic amines) is 1. The van der Waals surface area contributed by atoms with Crippen LogP contribution in [0.25, 0.3) is 0 Å². The molecule has 1 saturated heterocycles. The van der Waals surface area contributed by atoms with Gasteiger partial charge in [-0.3, -0.25) is 0 Å². The van der Waals surface area contributed by atoms with Crippen molar-refractivity contribution < 1.29 is 14.6 Å². The molecule has 0 amide bonds. The van der Waals surface area contributed by atoms with Gasteiger partial charge >= 0.3 is 5.97 Å². The highest BCUT2D eigenvalue weighted by Crippen LogP contribution is 2.16. The molecule has 0 spiro atoms. The number of rotatable bonds is 6. The Labute approximate surface area is 120 Å². The molecule has 4 heteroatoms. The Morgan fingerprint density at radius 3 is 3.10 bits per heavy atom. The standard InChI is InChI=1S/C16H23NO3/c1-13-5-3-8-17(12-13)9-4-10-20-15-7-2-6-14(11-15)16(18)19/h2,6-7,11,13H,3-5,8-10,12H2,1H3,(H,18,19)/t13-/m1/s1. The lowest BCUT2D eigenvalue weighted by molar-refractivity contribution is 0.0696. The summed E-state index contributed by atoms with van der Waals surface area (Å²) in [6.07, 6.45) is 3.61. The Morgan fingerprint density at radius 1 is 1.50 bits per heavy atom. The number of hydrogen-bond donors (Lipinski definition) is 1. The van der Waals surface area contributed by atoms with Gasteiger partial charge in [-0.15, -0.1) is 0 Å². The fourth-order valence-electron chi connectivity index (χ4n) is 2.69. The van der Waals surface area contributed by atoms with Crippen molar-refractivity contribution in [3.8, 4) is 5.75 Å². The van der Waals surface area contributed by atoms with E-state index in [1.807, 2.05) is 0 Å². The molecule has 1 atom stereocenters. The summed E-state index contributed by atoms with van der Waals surface area (Å²) in [5, 5.41) is 8.91. The van der Waals surface area contributed by atoms with E-state index in [2.05, 4.69) is 11.8 Å². The zero-order valence-corrected chi connectivity index (χ0v) is 12.0. The third-order valence-electron chi connectivity index (χ3n) is 3.71. The topological polar surface area (TPSA) is 49.8 Å². The van der Waals surface area contributed by atoms with Crippen molar-refractivity contribution in [1.82, 2.24) is 4.90 Å². The van der Waals surface area contributed by atoms with Gasteiger partial charge in [0, 0.05) is 13.1 Å². The molecule has 1 heterocycles. The quantitative estimate of drug-likeness (QED) is 0.812. The fraction of sp³-hybridized carbons (Fsp3) is 0.562. The Hall–Kier alpha value is -1.55. The zero-order chi connectivity index (χ0) is 14.4. The van der Waals surface area contributed by atoms with E-state index in [9.17, 15) is 4.79 Å². The van der Waals surface area contributed by atoms with Crippen LogP contribution in [0.4, 0.5) is 0 Å². The van der Waals surface area contributed by atoms with Crippen LogP contribution in [0.15, 0.2) is 24.3 Å². The van der Waals surface area contributed by atoms with Gasteiger partial charge < -0.3 is 14.7 Å². The first-order chi connectivity index (χ1) is 9.65. The number of ether oxygens (including phenoxy) is 1. The number of piperidine rings is 1. The minimum Gasteiger partial charge on any atom is -0.494 e. The number of carbonyl (C=O) groups is 1. The van der Waals surface area contributed by atoms with Crippen molar-refractivity contribution in [2.45, 2.75) is 26.2 Å². The van der Waals surface area contributed by atoms with Crippen LogP contribution in [-0.4, -0.2) is 42.2 Å². The SMILES string of the molecule is C[C@@H]1CCCN(CCCOc2cccc(C(=O)O)c2)C1. The van der Waals surface area contributed by atoms with Gasteiger partial charge in [-0.1, -0.05) is 13.0 Å². The summed E-state index contributed by atoms with van der Waals surface area (Å²) >= 11 is 0. The number of carboxylic acid groups (broad SMARTS) is 1. The molecule has 1 aromatic carbocycles. The maximum atomic E-state index is 10.9. The van der Waals surface area contributed by atoms with Crippen molar-refractivity contribution in [1.29, 1.82) is 0 Å². The third-order valence-corrected chi connectivity index (χ3v) is 3.71. The monoisotopic (exact) mass is 277 g/mol. The molecule has 0 saturated carbocycles. The maximum Gasteiger partial charge on any atom is 0.335 e. The molecule has 0 radical (unpaired) electrons. The summed E-state index contributed by atoms with van der Waals surface area (Å²) in [6, 6.07) is 6.66. The number of aromatic carboxylic acids is 1. The number of hydrogen-bond acceptors (Lipinski definition) is 3. The lowest BCUT2D eigenvalue weighted by atomic mass is 10.0. The molecular formula is C16H23NO3. The van der Waals surface area contributed by atoms with Gasteiger partial charge in [-0.2, -0.15) is 0 Å². The molecule has 0 bridgehead atoms. The van der Waals surface area contributed by atoms with Crippen LogP contribution >= 0.6 is 0 Å². The highest BCUT2D eigenvalue weighted by atomic mass is 16.5. The van der Waals surface area contributed by atoms with Crippen molar-refractivity contribution in [3.05, 3.63) is 29.8 Å². The number of nitrogens with zero attached hydrogens (tertiary/aromatic N) is 1. The van der Waals surface area contributed by atoms with Crippen molar-refractivity contribution >= 4 is 5.97 Å². The highest BCUT2D eigenvalue weighted by Gasteiger charge is 2.15. The van der Waals surface area contributed by atoms with Crippen LogP contribution in [0, 0.1) is 5.92 Å². The molecule has 4 nitrogen and oxygen atoms in total. The molecule has 2 rings (SSSR count). The first-order valence-electron chi connectivity index (χ1n) is 7.33. The molecule has 1 fully saturated rings. The zero-order valence-electron chi connectivity index (χ0n) is 12.0. The van der Waals surface area contributed by atoms with E-state index in [-0.39, 0.29) is 5.56 Å². The Bertz CT molecular complexity index is 447. The molecule has 0 aliphatic carbocycles. The fourth-order valence-corrected chi connectivity index (χ4v) is 2.69. The molecule has 1 aliphatic rings. The molecule has 20 heavy (non-hydrogen) atoms. The van der Waals surface area contributed by atoms with Crippen LogP contribution in [0.1, 0.15) is 36.5 Å². The van der Waals surface area contributed by atoms with Crippen LogP contribution in [0.5, 0.6) is 5.75 Å². The summed E-state index contributed by atoms with van der Waals surface area (Å²) in [5.41, 5.74) is 0.271. The second-order valence-electron chi connectivity index (χ2n) is 5.58. The minimum atomic E-state index is -0.919. The van der Waals surface area contributed by atoms with Crippen LogP contribution in [-0.2, 0) is 0 Å². The van der Waals surface area contributed by atoms with Gasteiger partial charge in [0.2, 0.25) is 0 Å². The summed E-state index contributed by atoms with van der Waals surface area (Å²) < 4.78 is 5.62. The summed E-state index contributed by atoms with van der Waals surface area (Å²) in [7, 11) is 0. The average Bonchev–Trinajstić information content (AvgIpc) is 2.44. The van der Waals surface area contributed by atoms with Crippen LogP contribution in [0.2, 0.25) is 0 Å². The van der Waals surface area contributed by atoms with Crippen molar-refractivity contribution in [2.24, 2.45) is 5.92 Å². The van der Waals surface area contributed by atoms with Crippen molar-refractivity contribution in [3.63, 3.8) is 0 Å². The Balaban J connectivity index is 1.70. The second-order valence-corrected chi connectivity index (χ2v) is 5.58. The van der Waals surface area contributed by atoms with E-state index in [0.29, 0.717) is 12.4 Å². The maximum absolute atomic E-state index is 10.9. The molecule has 1 N–H and O–H groups in total. The lowest BCUT2D eigenvalue weighted by Gasteiger charge is -2.30. The van der Waals surface area contributed by atoms with E-state index in [1.165, 1.54) is 25.9 Å². The number of benzene rings is 1. The summed E-state index contributed by atoms with van der Waals surface area (Å²) in [5.74, 6) is 0.520. The van der Waals surface area contributed by atoms with Crippen LogP contribution < -0.4 is 4.74 Å². The Kier molecular flexibility index (Phi) is 5.41. The molecular weight excluding hydrogens is 254 g/mol. The van der Waals surface area contributed by atoms with Gasteiger partial charge in [-0.25, -0.2) is 4.79 Å². The van der Waals surface area contributed by atoms with Gasteiger partial charge in [0.1, 0.15) is 5.75 Å². The van der Waals surface area contributed by atoms with Crippen LogP contribution in [0.3, 0.4) is 0 Å². The summed E-state index contributed by atoms with van der Waals surface area (Å²) in [4.78, 5) is 13.3. The molecule has 0 unspecified atom stereocenters. The average molecular weight is 277 g/mol. The number of carboxylic acids is 1. The second kappa shape index (κ2) is 7.29. The Morgan fingerprint density at radius 2 is 2.35 bits per heavy atom. The van der Waals surface area contributed by atoms with Gasteiger partial charge in [0.05, 0.1) is 12.2 Å². The minimum absolute atomic E-state index is 0.271.